The summed E-state index contributed by atoms with van der Waals surface area (Å²) in [5.41, 5.74) is 2.51. The van der Waals surface area contributed by atoms with Crippen LogP contribution in [0.4, 0.5) is 5.69 Å². The van der Waals surface area contributed by atoms with Crippen molar-refractivity contribution in [1.82, 2.24) is 15.2 Å². The molecule has 0 unspecified atom stereocenters. The van der Waals surface area contributed by atoms with E-state index in [0.29, 0.717) is 28.1 Å². The summed E-state index contributed by atoms with van der Waals surface area (Å²) < 4.78 is 5.56. The second-order valence-corrected chi connectivity index (χ2v) is 7.78. The van der Waals surface area contributed by atoms with Gasteiger partial charge in [-0.25, -0.2) is 0 Å². The van der Waals surface area contributed by atoms with E-state index in [1.807, 2.05) is 0 Å². The van der Waals surface area contributed by atoms with Gasteiger partial charge >= 0.3 is 0 Å². The van der Waals surface area contributed by atoms with E-state index < -0.39 is 10.2 Å². The van der Waals surface area contributed by atoms with Crippen molar-refractivity contribution in [2.75, 3.05) is 0 Å². The quantitative estimate of drug-likeness (QED) is 0.264. The number of rotatable bonds is 7. The summed E-state index contributed by atoms with van der Waals surface area (Å²) in [7, 11) is 0. The molecule has 0 radical (unpaired) electrons. The van der Waals surface area contributed by atoms with E-state index in [2.05, 4.69) is 15.2 Å². The maximum atomic E-state index is 12.8. The molecule has 10 heteroatoms. The first-order valence-electron chi connectivity index (χ1n) is 8.68. The first-order chi connectivity index (χ1) is 13.7. The maximum Gasteiger partial charge on any atom is 0.277 e. The molecule has 3 rings (SSSR count). The summed E-state index contributed by atoms with van der Waals surface area (Å²) in [6.45, 7) is 6.65. The molecule has 1 atom stereocenters. The van der Waals surface area contributed by atoms with Gasteiger partial charge in [-0.15, -0.1) is 10.2 Å². The summed E-state index contributed by atoms with van der Waals surface area (Å²) in [5.74, 6) is -0.172. The summed E-state index contributed by atoms with van der Waals surface area (Å²) in [5, 5.41) is 18.4. The molecule has 0 aliphatic carbocycles. The second-order valence-electron chi connectivity index (χ2n) is 6.49. The molecule has 150 valence electrons. The molecule has 29 heavy (non-hydrogen) atoms. The number of hydrogen-bond donors (Lipinski definition) is 1. The summed E-state index contributed by atoms with van der Waals surface area (Å²) in [6.07, 6.45) is 0. The molecular formula is C19H18N4O5S. The average molecular weight is 414 g/mol. The Kier molecular flexibility index (Phi) is 5.64. The second kappa shape index (κ2) is 8.00. The van der Waals surface area contributed by atoms with Crippen molar-refractivity contribution in [3.05, 3.63) is 56.9 Å². The van der Waals surface area contributed by atoms with Crippen LogP contribution in [0.25, 0.3) is 11.5 Å². The molecule has 0 amide bonds. The molecule has 9 nitrogen and oxygen atoms in total. The van der Waals surface area contributed by atoms with Crippen molar-refractivity contribution in [2.24, 2.45) is 0 Å². The number of nitrogens with one attached hydrogen (secondary N) is 1. The summed E-state index contributed by atoms with van der Waals surface area (Å²) in [6, 6.07) is 5.86. The standard InChI is InChI=1S/C19H18N4O5S/c1-9-15(11(3)24)10(2)20-16(9)17(25)12(4)29-19-22-21-18(28-19)13-6-5-7-14(8-13)23(26)27/h5-8,12,20H,1-4H3/t12-/m1/s1. The lowest BCUT2D eigenvalue weighted by Gasteiger charge is -2.07. The Morgan fingerprint density at radius 2 is 2.00 bits per heavy atom. The predicted octanol–water partition coefficient (Wildman–Crippen LogP) is 4.16. The maximum absolute atomic E-state index is 12.8. The molecule has 0 saturated heterocycles. The number of non-ortho nitro benzene ring substituents is 1. The van der Waals surface area contributed by atoms with Crippen molar-refractivity contribution in [3.63, 3.8) is 0 Å². The highest BCUT2D eigenvalue weighted by Gasteiger charge is 2.26. The largest absolute Gasteiger partial charge is 0.411 e. The topological polar surface area (TPSA) is 132 Å². The zero-order valence-electron chi connectivity index (χ0n) is 16.2. The zero-order chi connectivity index (χ0) is 21.3. The highest BCUT2D eigenvalue weighted by Crippen LogP contribution is 2.30. The van der Waals surface area contributed by atoms with Crippen LogP contribution in [0.3, 0.4) is 0 Å². The SMILES string of the molecule is CC(=O)c1c(C)[nH]c(C(=O)[C@@H](C)Sc2nnc(-c3cccc([N+](=O)[O-])c3)o2)c1C. The number of thioether (sulfide) groups is 1. The van der Waals surface area contributed by atoms with E-state index in [1.54, 1.807) is 26.8 Å². The Bertz CT molecular complexity index is 1120. The van der Waals surface area contributed by atoms with Crippen molar-refractivity contribution < 1.29 is 18.9 Å². The number of nitrogens with zero attached hydrogens (tertiary/aromatic N) is 3. The summed E-state index contributed by atoms with van der Waals surface area (Å²) in [4.78, 5) is 38.0. The number of carbonyl (C=O) groups excluding carboxylic acids is 2. The van der Waals surface area contributed by atoms with Gasteiger partial charge < -0.3 is 9.40 Å². The van der Waals surface area contributed by atoms with Gasteiger partial charge in [-0.05, 0) is 39.3 Å². The number of hydrogen-bond acceptors (Lipinski definition) is 8. The molecule has 0 bridgehead atoms. The van der Waals surface area contributed by atoms with Crippen LogP contribution in [0.5, 0.6) is 0 Å². The van der Waals surface area contributed by atoms with Gasteiger partial charge in [-0.2, -0.15) is 0 Å². The molecule has 2 aromatic heterocycles. The number of aryl methyl sites for hydroxylation is 1. The van der Waals surface area contributed by atoms with Crippen molar-refractivity contribution in [3.8, 4) is 11.5 Å². The molecule has 1 aromatic carbocycles. The minimum absolute atomic E-state index is 0.0858. The fourth-order valence-electron chi connectivity index (χ4n) is 3.06. The lowest BCUT2D eigenvalue weighted by Crippen LogP contribution is -2.15. The van der Waals surface area contributed by atoms with Gasteiger partial charge in [-0.3, -0.25) is 19.7 Å². The van der Waals surface area contributed by atoms with E-state index in [9.17, 15) is 19.7 Å². The van der Waals surface area contributed by atoms with E-state index in [0.717, 1.165) is 11.8 Å². The molecule has 1 N–H and O–H groups in total. The lowest BCUT2D eigenvalue weighted by atomic mass is 10.0. The Hall–Kier alpha value is -3.27. The van der Waals surface area contributed by atoms with Crippen LogP contribution in [-0.4, -0.2) is 36.9 Å². The Morgan fingerprint density at radius 3 is 2.62 bits per heavy atom. The van der Waals surface area contributed by atoms with Crippen molar-refractivity contribution in [1.29, 1.82) is 0 Å². The van der Waals surface area contributed by atoms with E-state index in [1.165, 1.54) is 25.1 Å². The van der Waals surface area contributed by atoms with Crippen molar-refractivity contribution >= 4 is 29.0 Å². The predicted molar refractivity (Wildman–Crippen MR) is 106 cm³/mol. The van der Waals surface area contributed by atoms with Gasteiger partial charge in [0.05, 0.1) is 15.9 Å². The minimum atomic E-state index is -0.551. The van der Waals surface area contributed by atoms with Crippen LogP contribution in [-0.2, 0) is 0 Å². The number of ketones is 2. The van der Waals surface area contributed by atoms with E-state index >= 15 is 0 Å². The number of nitro groups is 1. The van der Waals surface area contributed by atoms with Crippen LogP contribution < -0.4 is 0 Å². The number of aromatic amines is 1. The molecule has 2 heterocycles. The lowest BCUT2D eigenvalue weighted by molar-refractivity contribution is -0.384. The zero-order valence-corrected chi connectivity index (χ0v) is 17.0. The number of benzene rings is 1. The van der Waals surface area contributed by atoms with E-state index in [4.69, 9.17) is 4.42 Å². The smallest absolute Gasteiger partial charge is 0.277 e. The first kappa shape index (κ1) is 20.5. The Balaban J connectivity index is 1.79. The van der Waals surface area contributed by atoms with Gasteiger partial charge in [0.2, 0.25) is 5.89 Å². The Morgan fingerprint density at radius 1 is 1.28 bits per heavy atom. The molecule has 0 fully saturated rings. The van der Waals surface area contributed by atoms with Crippen LogP contribution in [0, 0.1) is 24.0 Å². The third kappa shape index (κ3) is 4.11. The van der Waals surface area contributed by atoms with Crippen LogP contribution in [0.15, 0.2) is 33.9 Å². The number of carbonyl (C=O) groups is 2. The van der Waals surface area contributed by atoms with Crippen molar-refractivity contribution in [2.45, 2.75) is 38.2 Å². The van der Waals surface area contributed by atoms with Crippen LogP contribution in [0.2, 0.25) is 0 Å². The number of nitro benzene ring substituents is 1. The van der Waals surface area contributed by atoms with Crippen LogP contribution >= 0.6 is 11.8 Å². The highest BCUT2D eigenvalue weighted by molar-refractivity contribution is 8.00. The molecule has 0 saturated carbocycles. The van der Waals surface area contributed by atoms with E-state index in [-0.39, 0.29) is 28.4 Å². The fraction of sp³-hybridized carbons (Fsp3) is 0.263. The Labute approximate surface area is 170 Å². The van der Waals surface area contributed by atoms with Gasteiger partial charge in [0, 0.05) is 29.0 Å². The monoisotopic (exact) mass is 414 g/mol. The minimum Gasteiger partial charge on any atom is -0.411 e. The number of Topliss-reactive ketones (excluding diaryl/α,β-unsaturated/α-hetero) is 2. The average Bonchev–Trinajstić information content (AvgIpc) is 3.25. The first-order valence-corrected chi connectivity index (χ1v) is 9.56. The molecule has 0 spiro atoms. The molecule has 3 aromatic rings. The molecular weight excluding hydrogens is 396 g/mol. The summed E-state index contributed by atoms with van der Waals surface area (Å²) >= 11 is 1.08. The number of H-pyrrole nitrogens is 1. The normalized spacial score (nSPS) is 12.0. The van der Waals surface area contributed by atoms with Gasteiger partial charge in [0.15, 0.2) is 11.6 Å². The van der Waals surface area contributed by atoms with Crippen LogP contribution in [0.1, 0.15) is 46.0 Å². The third-order valence-electron chi connectivity index (χ3n) is 4.39. The highest BCUT2D eigenvalue weighted by atomic mass is 32.2. The molecule has 0 aliphatic rings. The third-order valence-corrected chi connectivity index (χ3v) is 5.33. The van der Waals surface area contributed by atoms with Gasteiger partial charge in [0.25, 0.3) is 10.9 Å². The van der Waals surface area contributed by atoms with Gasteiger partial charge in [0.1, 0.15) is 0 Å². The fourth-order valence-corrected chi connectivity index (χ4v) is 3.80. The molecule has 0 aliphatic heterocycles. The van der Waals surface area contributed by atoms with Gasteiger partial charge in [-0.1, -0.05) is 17.8 Å². The number of aromatic nitrogens is 3.